The van der Waals surface area contributed by atoms with Crippen molar-refractivity contribution in [3.05, 3.63) is 186 Å². The van der Waals surface area contributed by atoms with E-state index in [2.05, 4.69) is 57.8 Å². The number of carboxylic acid groups (broad SMARTS) is 3. The van der Waals surface area contributed by atoms with Crippen LogP contribution in [0.25, 0.3) is 27.8 Å². The van der Waals surface area contributed by atoms with Gasteiger partial charge in [-0.05, 0) is 62.0 Å². The molecule has 2 aromatic carbocycles. The lowest BCUT2D eigenvalue weighted by molar-refractivity contribution is -0.192. The topological polar surface area (TPSA) is 328 Å². The summed E-state index contributed by atoms with van der Waals surface area (Å²) >= 11 is 0. The summed E-state index contributed by atoms with van der Waals surface area (Å²) < 4.78 is 31.7. The molecule has 59 heavy (non-hydrogen) atoms. The molecule has 0 saturated heterocycles. The molecular formula is C37H39F3N13O6-5. The highest BCUT2D eigenvalue weighted by Crippen LogP contribution is 2.24. The summed E-state index contributed by atoms with van der Waals surface area (Å²) in [5, 5.41) is 30.9. The third-order valence-corrected chi connectivity index (χ3v) is 4.78. The molecule has 0 aliphatic rings. The number of halogens is 3. The van der Waals surface area contributed by atoms with E-state index in [1.54, 1.807) is 105 Å². The summed E-state index contributed by atoms with van der Waals surface area (Å²) in [6, 6.07) is 28.4. The second-order valence-electron chi connectivity index (χ2n) is 9.57. The standard InChI is InChI=1S/C10H8N3.C7H6O2.C5H6N3.C5H5N2.C4H4N3.C2HF3O2.C2H5N2.C2H4O2/c1-2-5-9(6-3-1)13-10-11-7-4-8-12-10;8-7(9)6-4-2-1-3-5-6;1-6-5-7-3-2-4-8-5;6-5-3-1-2-4-7-5;5-4-6-2-1-3-7-4;3-2(4,5)1(6)7;2*1-2(3)4/h1-8H;1-5H,(H,8,9);2-4H,1H3;1-4H,(H-,6,7);1-3H,(H-,5,6,7);(H,6,7);3H,1,4H2;1H3,(H,3,4)/q-1;;3*-1;;-1;. The number of nitrogens with two attached hydrogens (primary N) is 1. The maximum Gasteiger partial charge on any atom is 0.490 e. The number of alkyl halides is 3. The van der Waals surface area contributed by atoms with Crippen molar-refractivity contribution in [2.75, 3.05) is 7.05 Å². The van der Waals surface area contributed by atoms with Crippen LogP contribution in [0.1, 0.15) is 17.3 Å². The van der Waals surface area contributed by atoms with Crippen LogP contribution in [0.4, 0.5) is 42.5 Å². The molecule has 0 saturated carbocycles. The molecule has 0 aliphatic carbocycles. The van der Waals surface area contributed by atoms with E-state index in [0.717, 1.165) is 12.6 Å². The van der Waals surface area contributed by atoms with Crippen molar-refractivity contribution in [3.8, 4) is 0 Å². The fourth-order valence-corrected chi connectivity index (χ4v) is 2.62. The monoisotopic (exact) mass is 818 g/mol. The van der Waals surface area contributed by atoms with Crippen LogP contribution in [-0.4, -0.2) is 81.3 Å². The first-order valence-electron chi connectivity index (χ1n) is 15.8. The molecule has 6 aromatic rings. The molecule has 4 heterocycles. The number of hydrogen-bond donors (Lipinski definition) is 4. The fraction of sp³-hybridized carbons (Fsp3) is 0.0811. The predicted octanol–water partition coefficient (Wildman–Crippen LogP) is 9.43. The lowest BCUT2D eigenvalue weighted by atomic mass is 10.2. The average Bonchev–Trinajstić information content (AvgIpc) is 3.20. The van der Waals surface area contributed by atoms with E-state index in [-0.39, 0.29) is 11.8 Å². The van der Waals surface area contributed by atoms with Crippen molar-refractivity contribution in [2.45, 2.75) is 13.1 Å². The van der Waals surface area contributed by atoms with Gasteiger partial charge in [0, 0.05) is 24.8 Å². The smallest absolute Gasteiger partial charge is 0.490 e. The number of hydrogen-bond acceptors (Lipinski definition) is 11. The van der Waals surface area contributed by atoms with E-state index < -0.39 is 24.1 Å². The summed E-state index contributed by atoms with van der Waals surface area (Å²) in [4.78, 5) is 54.4. The Hall–Kier alpha value is -8.43. The minimum absolute atomic E-state index is 0.0718. The van der Waals surface area contributed by atoms with Gasteiger partial charge in [0.2, 0.25) is 0 Å². The molecule has 0 aliphatic heterocycles. The third kappa shape index (κ3) is 36.3. The van der Waals surface area contributed by atoms with E-state index in [0.29, 0.717) is 23.3 Å². The average molecular weight is 819 g/mol. The number of benzene rings is 2. The summed E-state index contributed by atoms with van der Waals surface area (Å²) in [6.45, 7) is 4.08. The molecule has 0 amide bonds. The second-order valence-corrected chi connectivity index (χ2v) is 9.57. The lowest BCUT2D eigenvalue weighted by Gasteiger charge is -2.10. The van der Waals surface area contributed by atoms with Gasteiger partial charge in [0.1, 0.15) is 0 Å². The first-order valence-corrected chi connectivity index (χ1v) is 15.8. The number of aromatic carboxylic acids is 1. The Labute approximate surface area is 336 Å². The molecular weight excluding hydrogens is 779 g/mol. The van der Waals surface area contributed by atoms with Gasteiger partial charge in [0.25, 0.3) is 5.97 Å². The van der Waals surface area contributed by atoms with Crippen LogP contribution in [0.3, 0.4) is 0 Å². The fourth-order valence-electron chi connectivity index (χ4n) is 2.62. The molecule has 0 fully saturated rings. The van der Waals surface area contributed by atoms with Gasteiger partial charge in [0.05, 0.1) is 5.56 Å². The number of pyridine rings is 1. The SMILES string of the molecule is C=C([NH-])N.CC(=O)O.C[N-]c1ncccn1.O=C(O)C(F)(F)F.O=C(O)c1ccccc1.[NH-]c1ccccn1.[NH-]c1ncccn1.c1ccc([N-]c2ncccn2)cc1. The number of aliphatic carboxylic acids is 2. The van der Waals surface area contributed by atoms with Crippen molar-refractivity contribution in [1.29, 1.82) is 0 Å². The van der Waals surface area contributed by atoms with Gasteiger partial charge < -0.3 is 83.8 Å². The largest absolute Gasteiger partial charge is 0.495 e. The zero-order valence-electron chi connectivity index (χ0n) is 31.3. The van der Waals surface area contributed by atoms with Gasteiger partial charge in [-0.1, -0.05) is 103 Å². The Morgan fingerprint density at radius 1 is 0.644 bits per heavy atom. The normalized spacial score (nSPS) is 8.83. The summed E-state index contributed by atoms with van der Waals surface area (Å²) in [5.74, 6) is -3.13. The first kappa shape index (κ1) is 52.7. The van der Waals surface area contributed by atoms with Crippen molar-refractivity contribution in [1.82, 2.24) is 34.9 Å². The van der Waals surface area contributed by atoms with Crippen molar-refractivity contribution >= 4 is 47.3 Å². The zero-order valence-corrected chi connectivity index (χ0v) is 31.3. The Morgan fingerprint density at radius 3 is 1.25 bits per heavy atom. The highest BCUT2D eigenvalue weighted by atomic mass is 19.4. The minimum atomic E-state index is -5.08. The van der Waals surface area contributed by atoms with E-state index in [4.69, 9.17) is 42.1 Å². The van der Waals surface area contributed by atoms with Crippen LogP contribution < -0.4 is 5.73 Å². The molecule has 19 nitrogen and oxygen atoms in total. The maximum absolute atomic E-state index is 10.6. The Kier molecular flexibility index (Phi) is 29.4. The van der Waals surface area contributed by atoms with E-state index in [9.17, 15) is 18.0 Å². The summed E-state index contributed by atoms with van der Waals surface area (Å²) in [5.41, 5.74) is 25.6. The van der Waals surface area contributed by atoms with E-state index in [1.807, 2.05) is 30.3 Å². The molecule has 0 atom stereocenters. The lowest BCUT2D eigenvalue weighted by Crippen LogP contribution is -2.21. The van der Waals surface area contributed by atoms with Crippen LogP contribution in [-0.2, 0) is 9.59 Å². The van der Waals surface area contributed by atoms with Gasteiger partial charge in [-0.25, -0.2) is 9.59 Å². The minimum Gasteiger partial charge on any atom is -0.495 e. The molecule has 22 heteroatoms. The summed E-state index contributed by atoms with van der Waals surface area (Å²) in [7, 11) is 1.66. The van der Waals surface area contributed by atoms with Crippen molar-refractivity contribution in [2.24, 2.45) is 5.73 Å². The van der Waals surface area contributed by atoms with Gasteiger partial charge in [-0.15, -0.1) is 6.58 Å². The van der Waals surface area contributed by atoms with Crippen LogP contribution in [0.2, 0.25) is 0 Å². The molecule has 4 aromatic heterocycles. The number of rotatable bonds is 4. The quantitative estimate of drug-likeness (QED) is 0.129. The number of carbonyl (C=O) groups is 3. The molecule has 0 spiro atoms. The first-order chi connectivity index (χ1) is 27.9. The Bertz CT molecular complexity index is 1870. The number of carboxylic acids is 3. The van der Waals surface area contributed by atoms with Gasteiger partial charge >= 0.3 is 18.1 Å². The highest BCUT2D eigenvalue weighted by molar-refractivity contribution is 5.87. The molecule has 8 N–H and O–H groups in total. The van der Waals surface area contributed by atoms with Crippen LogP contribution in [0.15, 0.2) is 153 Å². The number of aromatic nitrogens is 7. The molecule has 6 rings (SSSR count). The van der Waals surface area contributed by atoms with Gasteiger partial charge in [-0.3, -0.25) is 4.79 Å². The summed E-state index contributed by atoms with van der Waals surface area (Å²) in [6.07, 6.45) is 6.27. The second kappa shape index (κ2) is 33.0. The van der Waals surface area contributed by atoms with E-state index >= 15 is 0 Å². The molecule has 0 unspecified atom stereocenters. The molecule has 314 valence electrons. The van der Waals surface area contributed by atoms with Crippen LogP contribution in [0, 0.1) is 0 Å². The third-order valence-electron chi connectivity index (χ3n) is 4.78. The molecule has 0 bridgehead atoms. The number of para-hydroxylation sites is 1. The highest BCUT2D eigenvalue weighted by Gasteiger charge is 2.38. The molecule has 0 radical (unpaired) electrons. The van der Waals surface area contributed by atoms with Crippen LogP contribution >= 0.6 is 0 Å². The zero-order chi connectivity index (χ0) is 44.9. The van der Waals surface area contributed by atoms with Gasteiger partial charge in [0.15, 0.2) is 0 Å². The number of nitrogens with zero attached hydrogens (tertiary/aromatic N) is 9. The van der Waals surface area contributed by atoms with Crippen LogP contribution in [0.5, 0.6) is 0 Å². The van der Waals surface area contributed by atoms with Crippen molar-refractivity contribution < 1.29 is 42.9 Å². The predicted molar refractivity (Wildman–Crippen MR) is 214 cm³/mol. The number of nitrogens with one attached hydrogen (secondary N) is 3. The maximum atomic E-state index is 10.6. The van der Waals surface area contributed by atoms with E-state index in [1.165, 1.54) is 12.4 Å². The van der Waals surface area contributed by atoms with Crippen molar-refractivity contribution in [3.63, 3.8) is 0 Å². The Morgan fingerprint density at radius 2 is 1.00 bits per heavy atom. The van der Waals surface area contributed by atoms with Gasteiger partial charge in [-0.2, -0.15) is 13.2 Å². The Balaban J connectivity index is 0.